The number of hydrogen-bond donors (Lipinski definition) is 2. The van der Waals surface area contributed by atoms with Crippen LogP contribution in [0.1, 0.15) is 43.2 Å². The lowest BCUT2D eigenvalue weighted by atomic mass is 10.0. The van der Waals surface area contributed by atoms with Crippen molar-refractivity contribution in [3.8, 4) is 0 Å². The zero-order valence-corrected chi connectivity index (χ0v) is 20.0. The summed E-state index contributed by atoms with van der Waals surface area (Å²) in [5.74, 6) is 0.844. The van der Waals surface area contributed by atoms with Crippen molar-refractivity contribution in [2.75, 3.05) is 46.5 Å². The van der Waals surface area contributed by atoms with Crippen LogP contribution < -0.4 is 10.6 Å². The quantitative estimate of drug-likeness (QED) is 0.229. The van der Waals surface area contributed by atoms with Crippen LogP contribution in [0.4, 0.5) is 0 Å². The molecule has 2 heterocycles. The summed E-state index contributed by atoms with van der Waals surface area (Å²) in [5.41, 5.74) is 2.76. The maximum Gasteiger partial charge on any atom is 0.191 e. The van der Waals surface area contributed by atoms with E-state index in [0.717, 1.165) is 58.3 Å². The molecule has 0 saturated carbocycles. The summed E-state index contributed by atoms with van der Waals surface area (Å²) in [6.07, 6.45) is 6.30. The summed E-state index contributed by atoms with van der Waals surface area (Å²) in [4.78, 5) is 6.92. The first-order valence-electron chi connectivity index (χ1n) is 10.8. The lowest BCUT2D eigenvalue weighted by Crippen LogP contribution is -2.38. The lowest BCUT2D eigenvalue weighted by Gasteiger charge is -2.27. The average molecular weight is 516 g/mol. The van der Waals surface area contributed by atoms with E-state index in [1.54, 1.807) is 0 Å². The van der Waals surface area contributed by atoms with Gasteiger partial charge in [-0.15, -0.1) is 24.0 Å². The Hall–Kier alpha value is -0.900. The van der Waals surface area contributed by atoms with Crippen LogP contribution in [-0.4, -0.2) is 63.5 Å². The molecule has 29 heavy (non-hydrogen) atoms. The van der Waals surface area contributed by atoms with Crippen LogP contribution in [0.2, 0.25) is 0 Å². The number of piperidine rings is 1. The molecule has 2 aliphatic rings. The molecule has 2 fully saturated rings. The van der Waals surface area contributed by atoms with E-state index in [1.165, 1.54) is 43.5 Å². The Kier molecular flexibility index (Phi) is 11.9. The van der Waals surface area contributed by atoms with Crippen LogP contribution in [0.25, 0.3) is 0 Å². The van der Waals surface area contributed by atoms with Crippen molar-refractivity contribution in [1.29, 1.82) is 0 Å². The predicted molar refractivity (Wildman–Crippen MR) is 129 cm³/mol. The standard InChI is InChI=1S/C22H36N4O2.HI/c1-23-22(24-11-7-14-28-21-10-15-27-18-21)25-16-19-8-3-4-9-20(19)17-26-12-5-2-6-13-26;/h3-4,8-9,21H,2,5-7,10-18H2,1H3,(H2,23,24,25);1H. The van der Waals surface area contributed by atoms with E-state index in [2.05, 4.69) is 44.8 Å². The summed E-state index contributed by atoms with van der Waals surface area (Å²) in [7, 11) is 1.82. The van der Waals surface area contributed by atoms with E-state index in [4.69, 9.17) is 9.47 Å². The maximum absolute atomic E-state index is 5.81. The first kappa shape index (κ1) is 24.4. The highest BCUT2D eigenvalue weighted by Crippen LogP contribution is 2.16. The van der Waals surface area contributed by atoms with Gasteiger partial charge in [0.05, 0.1) is 12.7 Å². The summed E-state index contributed by atoms with van der Waals surface area (Å²) in [5, 5.41) is 6.84. The third-order valence-electron chi connectivity index (χ3n) is 5.49. The zero-order chi connectivity index (χ0) is 19.4. The van der Waals surface area contributed by atoms with Crippen molar-refractivity contribution in [3.05, 3.63) is 35.4 Å². The highest BCUT2D eigenvalue weighted by molar-refractivity contribution is 14.0. The smallest absolute Gasteiger partial charge is 0.191 e. The van der Waals surface area contributed by atoms with Gasteiger partial charge in [-0.3, -0.25) is 9.89 Å². The van der Waals surface area contributed by atoms with Gasteiger partial charge in [-0.2, -0.15) is 0 Å². The molecule has 2 saturated heterocycles. The number of rotatable bonds is 9. The van der Waals surface area contributed by atoms with Gasteiger partial charge in [-0.1, -0.05) is 30.7 Å². The maximum atomic E-state index is 5.81. The van der Waals surface area contributed by atoms with E-state index in [1.807, 2.05) is 7.05 Å². The van der Waals surface area contributed by atoms with Crippen molar-refractivity contribution < 1.29 is 9.47 Å². The zero-order valence-electron chi connectivity index (χ0n) is 17.7. The summed E-state index contributed by atoms with van der Waals surface area (Å²) in [6.45, 7) is 7.47. The minimum absolute atomic E-state index is 0. The van der Waals surface area contributed by atoms with Gasteiger partial charge >= 0.3 is 0 Å². The summed E-state index contributed by atoms with van der Waals surface area (Å²) >= 11 is 0. The number of ether oxygens (including phenoxy) is 2. The minimum Gasteiger partial charge on any atom is -0.379 e. The Morgan fingerprint density at radius 3 is 2.69 bits per heavy atom. The van der Waals surface area contributed by atoms with Crippen molar-refractivity contribution in [2.24, 2.45) is 4.99 Å². The van der Waals surface area contributed by atoms with Crippen LogP contribution in [0.5, 0.6) is 0 Å². The molecule has 1 aromatic carbocycles. The van der Waals surface area contributed by atoms with Crippen LogP contribution in [-0.2, 0) is 22.6 Å². The van der Waals surface area contributed by atoms with Gasteiger partial charge in [0, 0.05) is 39.9 Å². The molecular weight excluding hydrogens is 479 g/mol. The van der Waals surface area contributed by atoms with Gasteiger partial charge in [-0.25, -0.2) is 0 Å². The third-order valence-corrected chi connectivity index (χ3v) is 5.49. The van der Waals surface area contributed by atoms with Gasteiger partial charge in [0.1, 0.15) is 0 Å². The molecule has 2 N–H and O–H groups in total. The van der Waals surface area contributed by atoms with Crippen molar-refractivity contribution in [2.45, 2.75) is 51.3 Å². The number of aliphatic imine (C=N–C) groups is 1. The molecular formula is C22H37IN4O2. The number of halogens is 1. The van der Waals surface area contributed by atoms with Crippen molar-refractivity contribution in [3.63, 3.8) is 0 Å². The van der Waals surface area contributed by atoms with E-state index in [0.29, 0.717) is 0 Å². The van der Waals surface area contributed by atoms with E-state index in [-0.39, 0.29) is 30.1 Å². The van der Waals surface area contributed by atoms with Crippen molar-refractivity contribution in [1.82, 2.24) is 15.5 Å². The second-order valence-electron chi connectivity index (χ2n) is 7.67. The molecule has 164 valence electrons. The van der Waals surface area contributed by atoms with Gasteiger partial charge in [0.2, 0.25) is 0 Å². The highest BCUT2D eigenvalue weighted by Gasteiger charge is 2.15. The molecule has 7 heteroatoms. The van der Waals surface area contributed by atoms with Crippen LogP contribution in [0.3, 0.4) is 0 Å². The van der Waals surface area contributed by atoms with E-state index in [9.17, 15) is 0 Å². The molecule has 0 aromatic heterocycles. The number of nitrogens with one attached hydrogen (secondary N) is 2. The van der Waals surface area contributed by atoms with Gasteiger partial charge in [0.25, 0.3) is 0 Å². The number of guanidine groups is 1. The molecule has 0 aliphatic carbocycles. The van der Waals surface area contributed by atoms with Gasteiger partial charge < -0.3 is 20.1 Å². The first-order chi connectivity index (χ1) is 13.8. The SMILES string of the molecule is CN=C(NCCCOC1CCOC1)NCc1ccccc1CN1CCCCC1.I. The normalized spacial score (nSPS) is 20.3. The molecule has 1 atom stereocenters. The second kappa shape index (κ2) is 14.2. The molecule has 1 aromatic rings. The topological polar surface area (TPSA) is 58.1 Å². The molecule has 0 bridgehead atoms. The summed E-state index contributed by atoms with van der Waals surface area (Å²) < 4.78 is 11.1. The summed E-state index contributed by atoms with van der Waals surface area (Å²) in [6, 6.07) is 8.74. The molecule has 0 amide bonds. The van der Waals surface area contributed by atoms with Gasteiger partial charge in [0.15, 0.2) is 5.96 Å². The minimum atomic E-state index is 0. The van der Waals surface area contributed by atoms with Crippen LogP contribution >= 0.6 is 24.0 Å². The molecule has 6 nitrogen and oxygen atoms in total. The highest BCUT2D eigenvalue weighted by atomic mass is 127. The molecule has 3 rings (SSSR count). The monoisotopic (exact) mass is 516 g/mol. The molecule has 1 unspecified atom stereocenters. The average Bonchev–Trinajstić information content (AvgIpc) is 3.25. The largest absolute Gasteiger partial charge is 0.379 e. The third kappa shape index (κ3) is 8.78. The van der Waals surface area contributed by atoms with Crippen LogP contribution in [0, 0.1) is 0 Å². The Morgan fingerprint density at radius 1 is 1.17 bits per heavy atom. The lowest BCUT2D eigenvalue weighted by molar-refractivity contribution is 0.0420. The Labute approximate surface area is 192 Å². The second-order valence-corrected chi connectivity index (χ2v) is 7.67. The number of hydrogen-bond acceptors (Lipinski definition) is 4. The number of benzene rings is 1. The molecule has 0 spiro atoms. The fourth-order valence-corrected chi connectivity index (χ4v) is 3.82. The number of nitrogens with zero attached hydrogens (tertiary/aromatic N) is 2. The Bertz CT molecular complexity index is 602. The fourth-order valence-electron chi connectivity index (χ4n) is 3.82. The van der Waals surface area contributed by atoms with Crippen molar-refractivity contribution >= 4 is 29.9 Å². The van der Waals surface area contributed by atoms with Gasteiger partial charge in [-0.05, 0) is 49.9 Å². The Morgan fingerprint density at radius 2 is 1.97 bits per heavy atom. The predicted octanol–water partition coefficient (Wildman–Crippen LogP) is 3.15. The Balaban J connectivity index is 0.00000300. The van der Waals surface area contributed by atoms with Crippen LogP contribution in [0.15, 0.2) is 29.3 Å². The fraction of sp³-hybridized carbons (Fsp3) is 0.682. The molecule has 0 radical (unpaired) electrons. The number of likely N-dealkylation sites (tertiary alicyclic amines) is 1. The van der Waals surface area contributed by atoms with E-state index < -0.39 is 0 Å². The molecule has 2 aliphatic heterocycles. The van der Waals surface area contributed by atoms with E-state index >= 15 is 0 Å². The first-order valence-corrected chi connectivity index (χ1v) is 10.8.